The number of hydrogen-bond donors (Lipinski definition) is 1. The Labute approximate surface area is 121 Å². The fourth-order valence-corrected chi connectivity index (χ4v) is 2.78. The number of fused-ring (bicyclic) bond motifs is 1. The minimum atomic E-state index is -0.392. The van der Waals surface area contributed by atoms with Gasteiger partial charge in [-0.05, 0) is 6.07 Å². The Morgan fingerprint density at radius 1 is 1.40 bits per heavy atom. The molecule has 2 heterocycles. The van der Waals surface area contributed by atoms with Gasteiger partial charge in [-0.2, -0.15) is 0 Å². The summed E-state index contributed by atoms with van der Waals surface area (Å²) in [4.78, 5) is 2.11. The zero-order valence-electron chi connectivity index (χ0n) is 10.8. The Hall–Kier alpha value is -1.50. The summed E-state index contributed by atoms with van der Waals surface area (Å²) in [5, 5.41) is 8.08. The van der Waals surface area contributed by atoms with Crippen LogP contribution in [0.15, 0.2) is 24.5 Å². The molecule has 0 aliphatic carbocycles. The second-order valence-corrected chi connectivity index (χ2v) is 5.21. The summed E-state index contributed by atoms with van der Waals surface area (Å²) < 4.78 is 16.2. The number of hydrogen-bond acceptors (Lipinski definition) is 4. The van der Waals surface area contributed by atoms with Crippen LogP contribution in [0, 0.1) is 5.82 Å². The molecule has 2 N–H and O–H groups in total. The molecule has 106 valence electrons. The second kappa shape index (κ2) is 5.47. The molecule has 1 aliphatic rings. The van der Waals surface area contributed by atoms with Crippen LogP contribution in [0.1, 0.15) is 17.4 Å². The molecule has 1 aromatic heterocycles. The molecule has 20 heavy (non-hydrogen) atoms. The molecule has 0 saturated heterocycles. The highest BCUT2D eigenvalue weighted by atomic mass is 35.5. The molecule has 1 aromatic carbocycles. The molecule has 0 amide bonds. The molecule has 3 rings (SSSR count). The molecule has 5 nitrogen and oxygen atoms in total. The van der Waals surface area contributed by atoms with Crippen molar-refractivity contribution in [1.29, 1.82) is 0 Å². The fourth-order valence-electron chi connectivity index (χ4n) is 2.60. The Balaban J connectivity index is 1.89. The molecule has 7 heteroatoms. The van der Waals surface area contributed by atoms with E-state index in [9.17, 15) is 4.39 Å². The SMILES string of the molecule is NCC(c1cccc(Cl)c1F)N1CCn2cnnc2C1. The van der Waals surface area contributed by atoms with Gasteiger partial charge >= 0.3 is 0 Å². The van der Waals surface area contributed by atoms with Crippen molar-refractivity contribution in [2.45, 2.75) is 19.1 Å². The third-order valence-corrected chi connectivity index (χ3v) is 3.96. The van der Waals surface area contributed by atoms with Crippen molar-refractivity contribution in [2.24, 2.45) is 5.73 Å². The van der Waals surface area contributed by atoms with Crippen LogP contribution in [-0.4, -0.2) is 32.8 Å². The topological polar surface area (TPSA) is 60.0 Å². The highest BCUT2D eigenvalue weighted by Gasteiger charge is 2.27. The quantitative estimate of drug-likeness (QED) is 0.934. The van der Waals surface area contributed by atoms with Crippen molar-refractivity contribution >= 4 is 11.6 Å². The number of nitrogens with zero attached hydrogens (tertiary/aromatic N) is 4. The zero-order chi connectivity index (χ0) is 14.1. The first-order chi connectivity index (χ1) is 9.70. The predicted octanol–water partition coefficient (Wildman–Crippen LogP) is 1.59. The van der Waals surface area contributed by atoms with Crippen molar-refractivity contribution in [2.75, 3.05) is 13.1 Å². The van der Waals surface area contributed by atoms with E-state index in [-0.39, 0.29) is 11.1 Å². The Morgan fingerprint density at radius 3 is 3.05 bits per heavy atom. The third-order valence-electron chi connectivity index (χ3n) is 3.67. The van der Waals surface area contributed by atoms with Gasteiger partial charge in [-0.1, -0.05) is 23.7 Å². The van der Waals surface area contributed by atoms with E-state index >= 15 is 0 Å². The lowest BCUT2D eigenvalue weighted by atomic mass is 10.0. The number of aromatic nitrogens is 3. The van der Waals surface area contributed by atoms with E-state index in [4.69, 9.17) is 17.3 Å². The minimum Gasteiger partial charge on any atom is -0.329 e. The third kappa shape index (κ3) is 2.30. The molecular formula is C13H15ClFN5. The summed E-state index contributed by atoms with van der Waals surface area (Å²) in [6, 6.07) is 4.81. The van der Waals surface area contributed by atoms with E-state index in [1.54, 1.807) is 24.5 Å². The van der Waals surface area contributed by atoms with Gasteiger partial charge in [0.15, 0.2) is 0 Å². The molecule has 0 radical (unpaired) electrons. The first-order valence-corrected chi connectivity index (χ1v) is 6.83. The summed E-state index contributed by atoms with van der Waals surface area (Å²) in [6.45, 7) is 2.49. The number of nitrogens with two attached hydrogens (primary N) is 1. The van der Waals surface area contributed by atoms with Crippen LogP contribution in [-0.2, 0) is 13.1 Å². The standard InChI is InChI=1S/C13H15ClFN5/c14-10-3-1-2-9(13(10)15)11(6-16)19-4-5-20-8-17-18-12(20)7-19/h1-3,8,11H,4-7,16H2. The van der Waals surface area contributed by atoms with Crippen molar-refractivity contribution in [3.8, 4) is 0 Å². The molecule has 2 aromatic rings. The summed E-state index contributed by atoms with van der Waals surface area (Å²) >= 11 is 5.86. The van der Waals surface area contributed by atoms with Crippen molar-refractivity contribution < 1.29 is 4.39 Å². The van der Waals surface area contributed by atoms with E-state index in [0.717, 1.165) is 18.9 Å². The molecule has 0 saturated carbocycles. The highest BCUT2D eigenvalue weighted by molar-refractivity contribution is 6.30. The molecular weight excluding hydrogens is 281 g/mol. The van der Waals surface area contributed by atoms with E-state index in [2.05, 4.69) is 15.1 Å². The van der Waals surface area contributed by atoms with Gasteiger partial charge in [0, 0.05) is 25.2 Å². The number of rotatable bonds is 3. The van der Waals surface area contributed by atoms with Crippen LogP contribution >= 0.6 is 11.6 Å². The van der Waals surface area contributed by atoms with E-state index in [0.29, 0.717) is 18.7 Å². The van der Waals surface area contributed by atoms with Gasteiger partial charge in [0.05, 0.1) is 17.6 Å². The lowest BCUT2D eigenvalue weighted by molar-refractivity contribution is 0.153. The largest absolute Gasteiger partial charge is 0.329 e. The average molecular weight is 296 g/mol. The summed E-state index contributed by atoms with van der Waals surface area (Å²) in [7, 11) is 0. The Kier molecular flexibility index (Phi) is 3.69. The van der Waals surface area contributed by atoms with Crippen LogP contribution in [0.25, 0.3) is 0 Å². The molecule has 0 bridgehead atoms. The highest BCUT2D eigenvalue weighted by Crippen LogP contribution is 2.28. The molecule has 0 spiro atoms. The minimum absolute atomic E-state index is 0.126. The van der Waals surface area contributed by atoms with Crippen molar-refractivity contribution in [3.05, 3.63) is 46.8 Å². The normalized spacial score (nSPS) is 16.9. The van der Waals surface area contributed by atoms with E-state index in [1.807, 2.05) is 4.57 Å². The maximum Gasteiger partial charge on any atom is 0.147 e. The van der Waals surface area contributed by atoms with Gasteiger partial charge in [-0.25, -0.2) is 4.39 Å². The lowest BCUT2D eigenvalue weighted by Gasteiger charge is -2.34. The fraction of sp³-hybridized carbons (Fsp3) is 0.385. The smallest absolute Gasteiger partial charge is 0.147 e. The lowest BCUT2D eigenvalue weighted by Crippen LogP contribution is -2.40. The summed E-state index contributed by atoms with van der Waals surface area (Å²) in [5.41, 5.74) is 6.39. The first-order valence-electron chi connectivity index (χ1n) is 6.45. The summed E-state index contributed by atoms with van der Waals surface area (Å²) in [6.07, 6.45) is 1.71. The van der Waals surface area contributed by atoms with Crippen LogP contribution < -0.4 is 5.73 Å². The predicted molar refractivity (Wildman–Crippen MR) is 73.6 cm³/mol. The van der Waals surface area contributed by atoms with Crippen LogP contribution in [0.5, 0.6) is 0 Å². The van der Waals surface area contributed by atoms with Gasteiger partial charge in [0.25, 0.3) is 0 Å². The Bertz CT molecular complexity index is 615. The van der Waals surface area contributed by atoms with Gasteiger partial charge in [0.1, 0.15) is 18.0 Å². The second-order valence-electron chi connectivity index (χ2n) is 4.81. The van der Waals surface area contributed by atoms with Gasteiger partial charge in [-0.15, -0.1) is 10.2 Å². The van der Waals surface area contributed by atoms with Crippen LogP contribution in [0.4, 0.5) is 4.39 Å². The van der Waals surface area contributed by atoms with E-state index in [1.165, 1.54) is 0 Å². The Morgan fingerprint density at radius 2 is 2.25 bits per heavy atom. The monoisotopic (exact) mass is 295 g/mol. The molecule has 1 aliphatic heterocycles. The maximum absolute atomic E-state index is 14.2. The van der Waals surface area contributed by atoms with Crippen molar-refractivity contribution in [1.82, 2.24) is 19.7 Å². The molecule has 1 atom stereocenters. The van der Waals surface area contributed by atoms with Crippen molar-refractivity contribution in [3.63, 3.8) is 0 Å². The van der Waals surface area contributed by atoms with Gasteiger partial charge < -0.3 is 10.3 Å². The molecule has 1 unspecified atom stereocenters. The number of benzene rings is 1. The maximum atomic E-state index is 14.2. The molecule has 0 fully saturated rings. The average Bonchev–Trinajstić information content (AvgIpc) is 2.92. The van der Waals surface area contributed by atoms with Crippen LogP contribution in [0.3, 0.4) is 0 Å². The van der Waals surface area contributed by atoms with E-state index < -0.39 is 5.82 Å². The first kappa shape index (κ1) is 13.5. The summed E-state index contributed by atoms with van der Waals surface area (Å²) in [5.74, 6) is 0.480. The van der Waals surface area contributed by atoms with Crippen LogP contribution in [0.2, 0.25) is 5.02 Å². The van der Waals surface area contributed by atoms with Gasteiger partial charge in [0.2, 0.25) is 0 Å². The number of halogens is 2. The zero-order valence-corrected chi connectivity index (χ0v) is 11.6. The van der Waals surface area contributed by atoms with Gasteiger partial charge in [-0.3, -0.25) is 4.90 Å².